The standard InChI is InChI=1S/C21H21N3O5S/c1-27-16-6-7-17-18(12-16)30-21(22-17)23-19(25)13-29-15-4-2-14(3-5-15)20(26)24-8-10-28-11-9-24/h2-7,12H,8-11,13H2,1H3,(H,22,23,25). The minimum absolute atomic E-state index is 0.0324. The van der Waals surface area contributed by atoms with E-state index >= 15 is 0 Å². The molecule has 0 atom stereocenters. The van der Waals surface area contributed by atoms with Crippen molar-refractivity contribution >= 4 is 38.5 Å². The number of anilines is 1. The molecule has 1 aromatic heterocycles. The average molecular weight is 427 g/mol. The number of hydrogen-bond donors (Lipinski definition) is 1. The summed E-state index contributed by atoms with van der Waals surface area (Å²) in [6.07, 6.45) is 0. The molecular weight excluding hydrogens is 406 g/mol. The summed E-state index contributed by atoms with van der Waals surface area (Å²) in [5.74, 6) is 0.908. The van der Waals surface area contributed by atoms with Crippen LogP contribution in [0.1, 0.15) is 10.4 Å². The second kappa shape index (κ2) is 9.10. The van der Waals surface area contributed by atoms with Crippen LogP contribution in [-0.2, 0) is 9.53 Å². The van der Waals surface area contributed by atoms with Gasteiger partial charge < -0.3 is 19.1 Å². The van der Waals surface area contributed by atoms with Gasteiger partial charge in [0.05, 0.1) is 30.5 Å². The second-order valence-electron chi connectivity index (χ2n) is 6.62. The lowest BCUT2D eigenvalue weighted by Gasteiger charge is -2.26. The normalized spacial score (nSPS) is 13.8. The van der Waals surface area contributed by atoms with Gasteiger partial charge in [-0.3, -0.25) is 14.9 Å². The molecule has 0 unspecified atom stereocenters. The smallest absolute Gasteiger partial charge is 0.264 e. The maximum Gasteiger partial charge on any atom is 0.264 e. The first-order valence-electron chi connectivity index (χ1n) is 9.47. The maximum absolute atomic E-state index is 12.4. The highest BCUT2D eigenvalue weighted by molar-refractivity contribution is 7.22. The van der Waals surface area contributed by atoms with Crippen molar-refractivity contribution in [2.45, 2.75) is 0 Å². The minimum Gasteiger partial charge on any atom is -0.497 e. The van der Waals surface area contributed by atoms with Gasteiger partial charge in [0.25, 0.3) is 11.8 Å². The van der Waals surface area contributed by atoms with Crippen LogP contribution in [0.15, 0.2) is 42.5 Å². The molecule has 1 N–H and O–H groups in total. The van der Waals surface area contributed by atoms with Crippen molar-refractivity contribution in [3.8, 4) is 11.5 Å². The fourth-order valence-electron chi connectivity index (χ4n) is 3.03. The Morgan fingerprint density at radius 1 is 1.13 bits per heavy atom. The monoisotopic (exact) mass is 427 g/mol. The number of benzene rings is 2. The Morgan fingerprint density at radius 3 is 2.60 bits per heavy atom. The molecule has 1 fully saturated rings. The Bertz CT molecular complexity index is 1040. The van der Waals surface area contributed by atoms with Gasteiger partial charge in [-0.1, -0.05) is 11.3 Å². The molecule has 0 aliphatic carbocycles. The van der Waals surface area contributed by atoms with Crippen LogP contribution in [0.4, 0.5) is 5.13 Å². The average Bonchev–Trinajstić information content (AvgIpc) is 3.19. The number of rotatable bonds is 6. The summed E-state index contributed by atoms with van der Waals surface area (Å²) in [6.45, 7) is 2.15. The molecule has 156 valence electrons. The first kappa shape index (κ1) is 20.1. The van der Waals surface area contributed by atoms with Gasteiger partial charge in [-0.25, -0.2) is 4.98 Å². The number of amides is 2. The Kier molecular flexibility index (Phi) is 6.10. The fraction of sp³-hybridized carbons (Fsp3) is 0.286. The SMILES string of the molecule is COc1ccc2nc(NC(=O)COc3ccc(C(=O)N4CCOCC4)cc3)sc2c1. The molecule has 3 aromatic rings. The highest BCUT2D eigenvalue weighted by Gasteiger charge is 2.18. The number of hydrogen-bond acceptors (Lipinski definition) is 7. The zero-order valence-electron chi connectivity index (χ0n) is 16.4. The molecule has 8 nitrogen and oxygen atoms in total. The summed E-state index contributed by atoms with van der Waals surface area (Å²) >= 11 is 1.37. The number of morpholine rings is 1. The number of carbonyl (C=O) groups is 2. The molecule has 1 aliphatic rings. The predicted molar refractivity (Wildman–Crippen MR) is 113 cm³/mol. The van der Waals surface area contributed by atoms with Crippen LogP contribution in [0, 0.1) is 0 Å². The van der Waals surface area contributed by atoms with Gasteiger partial charge in [-0.05, 0) is 42.5 Å². The van der Waals surface area contributed by atoms with Crippen molar-refractivity contribution in [1.29, 1.82) is 0 Å². The number of nitrogens with one attached hydrogen (secondary N) is 1. The highest BCUT2D eigenvalue weighted by atomic mass is 32.1. The Balaban J connectivity index is 1.31. The van der Waals surface area contributed by atoms with E-state index in [1.807, 2.05) is 18.2 Å². The molecule has 0 saturated carbocycles. The van der Waals surface area contributed by atoms with Crippen molar-refractivity contribution in [2.75, 3.05) is 45.3 Å². The molecule has 1 saturated heterocycles. The number of ether oxygens (including phenoxy) is 3. The molecule has 0 radical (unpaired) electrons. The van der Waals surface area contributed by atoms with Crippen molar-refractivity contribution < 1.29 is 23.8 Å². The maximum atomic E-state index is 12.4. The summed E-state index contributed by atoms with van der Waals surface area (Å²) in [6, 6.07) is 12.3. The van der Waals surface area contributed by atoms with Crippen LogP contribution in [0.5, 0.6) is 11.5 Å². The molecule has 0 spiro atoms. The molecule has 9 heteroatoms. The van der Waals surface area contributed by atoms with Crippen molar-refractivity contribution in [3.05, 3.63) is 48.0 Å². The third-order valence-corrected chi connectivity index (χ3v) is 5.55. The van der Waals surface area contributed by atoms with E-state index in [1.165, 1.54) is 11.3 Å². The van der Waals surface area contributed by atoms with E-state index in [2.05, 4.69) is 10.3 Å². The van der Waals surface area contributed by atoms with Crippen LogP contribution in [0.3, 0.4) is 0 Å². The quantitative estimate of drug-likeness (QED) is 0.651. The number of thiazole rings is 1. The summed E-state index contributed by atoms with van der Waals surface area (Å²) in [5.41, 5.74) is 1.37. The Morgan fingerprint density at radius 2 is 1.87 bits per heavy atom. The first-order valence-corrected chi connectivity index (χ1v) is 10.3. The molecule has 0 bridgehead atoms. The van der Waals surface area contributed by atoms with E-state index < -0.39 is 0 Å². The van der Waals surface area contributed by atoms with Gasteiger partial charge in [0.1, 0.15) is 11.5 Å². The van der Waals surface area contributed by atoms with Crippen molar-refractivity contribution in [2.24, 2.45) is 0 Å². The zero-order chi connectivity index (χ0) is 20.9. The van der Waals surface area contributed by atoms with Crippen molar-refractivity contribution in [3.63, 3.8) is 0 Å². The zero-order valence-corrected chi connectivity index (χ0v) is 17.2. The fourth-order valence-corrected chi connectivity index (χ4v) is 3.94. The molecule has 1 aliphatic heterocycles. The van der Waals surface area contributed by atoms with Crippen LogP contribution in [0.25, 0.3) is 10.2 Å². The second-order valence-corrected chi connectivity index (χ2v) is 7.65. The minimum atomic E-state index is -0.311. The Hall–Kier alpha value is -3.17. The van der Waals surface area contributed by atoms with E-state index in [-0.39, 0.29) is 18.4 Å². The summed E-state index contributed by atoms with van der Waals surface area (Å²) in [7, 11) is 1.60. The lowest BCUT2D eigenvalue weighted by molar-refractivity contribution is -0.118. The van der Waals surface area contributed by atoms with Gasteiger partial charge >= 0.3 is 0 Å². The van der Waals surface area contributed by atoms with Gasteiger partial charge in [-0.15, -0.1) is 0 Å². The summed E-state index contributed by atoms with van der Waals surface area (Å²) in [4.78, 5) is 30.8. The molecule has 2 amide bonds. The van der Waals surface area contributed by atoms with E-state index in [0.29, 0.717) is 42.7 Å². The molecule has 4 rings (SSSR count). The molecule has 2 heterocycles. The molecule has 30 heavy (non-hydrogen) atoms. The van der Waals surface area contributed by atoms with Crippen LogP contribution < -0.4 is 14.8 Å². The largest absolute Gasteiger partial charge is 0.497 e. The highest BCUT2D eigenvalue weighted by Crippen LogP contribution is 2.29. The molecule has 2 aromatic carbocycles. The number of methoxy groups -OCH3 is 1. The van der Waals surface area contributed by atoms with Gasteiger partial charge in [0.2, 0.25) is 0 Å². The van der Waals surface area contributed by atoms with E-state index in [1.54, 1.807) is 36.3 Å². The Labute approximate surface area is 177 Å². The van der Waals surface area contributed by atoms with Gasteiger partial charge in [-0.2, -0.15) is 0 Å². The number of carbonyl (C=O) groups excluding carboxylic acids is 2. The van der Waals surface area contributed by atoms with Crippen LogP contribution in [-0.4, -0.2) is 61.7 Å². The van der Waals surface area contributed by atoms with Gasteiger partial charge in [0.15, 0.2) is 11.7 Å². The lowest BCUT2D eigenvalue weighted by atomic mass is 10.2. The summed E-state index contributed by atoms with van der Waals surface area (Å²) in [5, 5.41) is 3.24. The van der Waals surface area contributed by atoms with E-state index in [0.717, 1.165) is 16.0 Å². The van der Waals surface area contributed by atoms with Crippen molar-refractivity contribution in [1.82, 2.24) is 9.88 Å². The summed E-state index contributed by atoms with van der Waals surface area (Å²) < 4.78 is 16.9. The topological polar surface area (TPSA) is 90.0 Å². The van der Waals surface area contributed by atoms with E-state index in [9.17, 15) is 9.59 Å². The van der Waals surface area contributed by atoms with Crippen LogP contribution >= 0.6 is 11.3 Å². The third-order valence-electron chi connectivity index (χ3n) is 4.61. The lowest BCUT2D eigenvalue weighted by Crippen LogP contribution is -2.40. The third kappa shape index (κ3) is 4.69. The van der Waals surface area contributed by atoms with Crippen LogP contribution in [0.2, 0.25) is 0 Å². The first-order chi connectivity index (χ1) is 14.6. The number of fused-ring (bicyclic) bond motifs is 1. The predicted octanol–water partition coefficient (Wildman–Crippen LogP) is 2.79. The van der Waals surface area contributed by atoms with Gasteiger partial charge in [0, 0.05) is 18.7 Å². The molecular formula is C21H21N3O5S. The number of aromatic nitrogens is 1. The number of nitrogens with zero attached hydrogens (tertiary/aromatic N) is 2. The van der Waals surface area contributed by atoms with E-state index in [4.69, 9.17) is 14.2 Å².